The summed E-state index contributed by atoms with van der Waals surface area (Å²) in [6.07, 6.45) is 8.66. The van der Waals surface area contributed by atoms with E-state index in [-0.39, 0.29) is 24.3 Å². The van der Waals surface area contributed by atoms with Crippen LogP contribution in [0, 0.1) is 0 Å². The van der Waals surface area contributed by atoms with Crippen LogP contribution in [-0.2, 0) is 16.0 Å². The fourth-order valence-electron chi connectivity index (χ4n) is 4.55. The number of carbonyl (C=O) groups is 3. The monoisotopic (exact) mass is 477 g/mol. The Morgan fingerprint density at radius 2 is 1.71 bits per heavy atom. The van der Waals surface area contributed by atoms with Gasteiger partial charge < -0.3 is 19.5 Å². The van der Waals surface area contributed by atoms with Crippen molar-refractivity contribution in [2.24, 2.45) is 0 Å². The number of nitrogens with zero attached hydrogens (tertiary/aromatic N) is 1. The van der Waals surface area contributed by atoms with Gasteiger partial charge in [-0.15, -0.1) is 0 Å². The third-order valence-electron chi connectivity index (χ3n) is 6.32. The van der Waals surface area contributed by atoms with Crippen LogP contribution in [0.5, 0.6) is 0 Å². The molecule has 8 heteroatoms. The Morgan fingerprint density at radius 1 is 0.971 bits per heavy atom. The Kier molecular flexibility index (Phi) is 8.03. The second-order valence-corrected chi connectivity index (χ2v) is 8.67. The number of amides is 3. The van der Waals surface area contributed by atoms with Crippen LogP contribution in [0.3, 0.4) is 0 Å². The van der Waals surface area contributed by atoms with E-state index in [0.717, 1.165) is 37.7 Å². The highest BCUT2D eigenvalue weighted by Gasteiger charge is 2.36. The van der Waals surface area contributed by atoms with Gasteiger partial charge in [-0.2, -0.15) is 0 Å². The molecule has 0 bridgehead atoms. The van der Waals surface area contributed by atoms with Crippen LogP contribution in [0.2, 0.25) is 0 Å². The molecule has 184 valence electrons. The average molecular weight is 478 g/mol. The number of nitrogens with one attached hydrogen (secondary N) is 2. The highest BCUT2D eigenvalue weighted by molar-refractivity contribution is 6.04. The minimum atomic E-state index is -1.02. The van der Waals surface area contributed by atoms with Gasteiger partial charge in [-0.1, -0.05) is 44.4 Å². The molecule has 0 saturated heterocycles. The van der Waals surface area contributed by atoms with Crippen LogP contribution < -0.4 is 15.5 Å². The molecular weight excluding hydrogens is 446 g/mol. The Morgan fingerprint density at radius 3 is 2.40 bits per heavy atom. The molecule has 1 aromatic carbocycles. The van der Waals surface area contributed by atoms with Gasteiger partial charge in [0.1, 0.15) is 5.76 Å². The van der Waals surface area contributed by atoms with Gasteiger partial charge in [0.05, 0.1) is 19.1 Å². The molecule has 8 nitrogen and oxygen atoms in total. The first-order chi connectivity index (χ1) is 17.1. The molecule has 3 amide bonds. The lowest BCUT2D eigenvalue weighted by atomic mass is 9.95. The van der Waals surface area contributed by atoms with Gasteiger partial charge in [0, 0.05) is 11.7 Å². The number of hydrogen-bond acceptors (Lipinski definition) is 5. The predicted octanol–water partition coefficient (Wildman–Crippen LogP) is 4.39. The molecule has 1 aliphatic rings. The molecule has 0 aliphatic heterocycles. The lowest BCUT2D eigenvalue weighted by molar-refractivity contribution is -0.127. The number of furan rings is 2. The summed E-state index contributed by atoms with van der Waals surface area (Å²) in [6, 6.07) is 13.0. The summed E-state index contributed by atoms with van der Waals surface area (Å²) in [5.41, 5.74) is 1.51. The molecule has 2 aromatic heterocycles. The summed E-state index contributed by atoms with van der Waals surface area (Å²) in [7, 11) is 0. The van der Waals surface area contributed by atoms with Crippen LogP contribution in [0.25, 0.3) is 0 Å². The quantitative estimate of drug-likeness (QED) is 0.476. The van der Waals surface area contributed by atoms with Gasteiger partial charge in [-0.3, -0.25) is 19.3 Å². The minimum Gasteiger partial charge on any atom is -0.467 e. The van der Waals surface area contributed by atoms with E-state index in [4.69, 9.17) is 8.83 Å². The van der Waals surface area contributed by atoms with Gasteiger partial charge in [-0.05, 0) is 55.2 Å². The zero-order chi connectivity index (χ0) is 24.6. The molecule has 35 heavy (non-hydrogen) atoms. The minimum absolute atomic E-state index is 0.0609. The van der Waals surface area contributed by atoms with E-state index in [0.29, 0.717) is 17.9 Å². The maximum atomic E-state index is 13.7. The predicted molar refractivity (Wildman–Crippen MR) is 131 cm³/mol. The van der Waals surface area contributed by atoms with Crippen molar-refractivity contribution in [1.82, 2.24) is 10.6 Å². The first kappa shape index (κ1) is 24.3. The van der Waals surface area contributed by atoms with E-state index in [1.54, 1.807) is 18.2 Å². The molecule has 1 saturated carbocycles. The normalized spacial score (nSPS) is 14.8. The smallest absolute Gasteiger partial charge is 0.287 e. The van der Waals surface area contributed by atoms with Crippen molar-refractivity contribution in [2.75, 3.05) is 11.4 Å². The SMILES string of the molecule is CCc1ccccc1N(C(=O)CNC(=O)c1ccco1)[C@@H](C(=O)NC1CCCCC1)c1ccco1. The number of carbonyl (C=O) groups excluding carboxylic acids is 3. The van der Waals surface area contributed by atoms with Gasteiger partial charge in [0.25, 0.3) is 11.8 Å². The Labute approximate surface area is 204 Å². The van der Waals surface area contributed by atoms with E-state index < -0.39 is 17.9 Å². The summed E-state index contributed by atoms with van der Waals surface area (Å²) < 4.78 is 10.8. The number of hydrogen-bond donors (Lipinski definition) is 2. The lowest BCUT2D eigenvalue weighted by Gasteiger charge is -2.33. The van der Waals surface area contributed by atoms with Crippen molar-refractivity contribution in [3.05, 3.63) is 78.1 Å². The highest BCUT2D eigenvalue weighted by Crippen LogP contribution is 2.32. The third kappa shape index (κ3) is 5.82. The standard InChI is InChI=1S/C27H31N3O5/c1-2-19-10-6-7-13-21(19)30(24(31)18-28-26(32)23-15-9-17-35-23)25(22-14-8-16-34-22)27(33)29-20-11-4-3-5-12-20/h6-10,13-17,20,25H,2-5,11-12,18H2,1H3,(H,28,32)(H,29,33)/t25-/m1/s1. The number of aryl methyl sites for hydroxylation is 1. The second-order valence-electron chi connectivity index (χ2n) is 8.67. The molecule has 1 fully saturated rings. The summed E-state index contributed by atoms with van der Waals surface area (Å²) >= 11 is 0. The molecule has 0 spiro atoms. The van der Waals surface area contributed by atoms with Crippen molar-refractivity contribution >= 4 is 23.4 Å². The van der Waals surface area contributed by atoms with E-state index in [2.05, 4.69) is 10.6 Å². The van der Waals surface area contributed by atoms with Crippen molar-refractivity contribution < 1.29 is 23.2 Å². The largest absolute Gasteiger partial charge is 0.467 e. The second kappa shape index (κ2) is 11.6. The lowest BCUT2D eigenvalue weighted by Crippen LogP contribution is -2.49. The van der Waals surface area contributed by atoms with Gasteiger partial charge in [0.2, 0.25) is 5.91 Å². The van der Waals surface area contributed by atoms with E-state index >= 15 is 0 Å². The first-order valence-corrected chi connectivity index (χ1v) is 12.1. The topological polar surface area (TPSA) is 105 Å². The van der Waals surface area contributed by atoms with Crippen LogP contribution >= 0.6 is 0 Å². The van der Waals surface area contributed by atoms with E-state index in [1.165, 1.54) is 23.5 Å². The summed E-state index contributed by atoms with van der Waals surface area (Å²) in [5.74, 6) is -0.784. The Hall–Kier alpha value is -3.81. The molecule has 0 unspecified atom stereocenters. The van der Waals surface area contributed by atoms with Crippen molar-refractivity contribution in [3.63, 3.8) is 0 Å². The van der Waals surface area contributed by atoms with Crippen LogP contribution in [0.4, 0.5) is 5.69 Å². The van der Waals surface area contributed by atoms with Crippen molar-refractivity contribution in [2.45, 2.75) is 57.5 Å². The fraction of sp³-hybridized carbons (Fsp3) is 0.370. The third-order valence-corrected chi connectivity index (χ3v) is 6.32. The zero-order valence-electron chi connectivity index (χ0n) is 19.9. The molecule has 1 atom stereocenters. The highest BCUT2D eigenvalue weighted by atomic mass is 16.3. The number of benzene rings is 1. The maximum Gasteiger partial charge on any atom is 0.287 e. The Bertz CT molecular complexity index is 1120. The van der Waals surface area contributed by atoms with Gasteiger partial charge in [-0.25, -0.2) is 0 Å². The molecule has 2 N–H and O–H groups in total. The summed E-state index contributed by atoms with van der Waals surface area (Å²) in [4.78, 5) is 41.2. The molecular formula is C27H31N3O5. The van der Waals surface area contributed by atoms with Crippen LogP contribution in [-0.4, -0.2) is 30.3 Å². The molecule has 4 rings (SSSR count). The number of anilines is 1. The Balaban J connectivity index is 1.66. The summed E-state index contributed by atoms with van der Waals surface area (Å²) in [5, 5.41) is 5.75. The maximum absolute atomic E-state index is 13.7. The van der Waals surface area contributed by atoms with Gasteiger partial charge >= 0.3 is 0 Å². The zero-order valence-corrected chi connectivity index (χ0v) is 19.9. The number of rotatable bonds is 9. The van der Waals surface area contributed by atoms with Gasteiger partial charge in [0.15, 0.2) is 11.8 Å². The number of para-hydroxylation sites is 1. The molecule has 0 radical (unpaired) electrons. The van der Waals surface area contributed by atoms with Crippen molar-refractivity contribution in [3.8, 4) is 0 Å². The van der Waals surface area contributed by atoms with Crippen LogP contribution in [0.1, 0.15) is 66.9 Å². The first-order valence-electron chi connectivity index (χ1n) is 12.1. The molecule has 3 aromatic rings. The van der Waals surface area contributed by atoms with Crippen molar-refractivity contribution in [1.29, 1.82) is 0 Å². The fourth-order valence-corrected chi connectivity index (χ4v) is 4.55. The average Bonchev–Trinajstić information content (AvgIpc) is 3.61. The van der Waals surface area contributed by atoms with E-state index in [9.17, 15) is 14.4 Å². The molecule has 1 aliphatic carbocycles. The summed E-state index contributed by atoms with van der Waals surface area (Å²) in [6.45, 7) is 1.68. The van der Waals surface area contributed by atoms with E-state index in [1.807, 2.05) is 31.2 Å². The van der Waals surface area contributed by atoms with Crippen LogP contribution in [0.15, 0.2) is 69.9 Å². The molecule has 2 heterocycles.